The van der Waals surface area contributed by atoms with Crippen LogP contribution in [0.25, 0.3) is 0 Å². The summed E-state index contributed by atoms with van der Waals surface area (Å²) in [5.41, 5.74) is 0. The van der Waals surface area contributed by atoms with E-state index in [2.05, 4.69) is 25.2 Å². The standard InChI is InChI=1S/C21H36O4/c1-3-5-6-7-8-9-10-13-16-19(25-21(24)4-2)17-14-11-12-15-18-20(22)23/h8-9,13,16,19H,3-7,10-12,14-15,17-18H2,1-2H3,(H,22,23)/b9-8-,16-13-. The highest BCUT2D eigenvalue weighted by molar-refractivity contribution is 5.69. The van der Waals surface area contributed by atoms with Gasteiger partial charge in [0.15, 0.2) is 0 Å². The highest BCUT2D eigenvalue weighted by Gasteiger charge is 2.09. The van der Waals surface area contributed by atoms with Crippen molar-refractivity contribution in [3.8, 4) is 0 Å². The first-order chi connectivity index (χ1) is 12.1. The molecule has 0 bridgehead atoms. The molecule has 1 unspecified atom stereocenters. The molecule has 25 heavy (non-hydrogen) atoms. The first-order valence-corrected chi connectivity index (χ1v) is 9.83. The number of carboxylic acids is 1. The van der Waals surface area contributed by atoms with Crippen LogP contribution in [0.15, 0.2) is 24.3 Å². The summed E-state index contributed by atoms with van der Waals surface area (Å²) in [6, 6.07) is 0. The maximum absolute atomic E-state index is 11.5. The van der Waals surface area contributed by atoms with E-state index in [-0.39, 0.29) is 18.5 Å². The van der Waals surface area contributed by atoms with Gasteiger partial charge < -0.3 is 9.84 Å². The van der Waals surface area contributed by atoms with Crippen molar-refractivity contribution in [2.45, 2.75) is 97.0 Å². The molecule has 0 aromatic heterocycles. The summed E-state index contributed by atoms with van der Waals surface area (Å²) in [6.07, 6.45) is 19.0. The number of carbonyl (C=O) groups is 2. The van der Waals surface area contributed by atoms with E-state index < -0.39 is 5.97 Å². The van der Waals surface area contributed by atoms with Crippen LogP contribution < -0.4 is 0 Å². The summed E-state index contributed by atoms with van der Waals surface area (Å²) in [6.45, 7) is 4.00. The molecule has 144 valence electrons. The van der Waals surface area contributed by atoms with Crippen LogP contribution in [0.5, 0.6) is 0 Å². The second kappa shape index (κ2) is 17.2. The van der Waals surface area contributed by atoms with Gasteiger partial charge in [0.1, 0.15) is 6.10 Å². The Kier molecular flexibility index (Phi) is 16.2. The average Bonchev–Trinajstić information content (AvgIpc) is 2.59. The predicted molar refractivity (Wildman–Crippen MR) is 103 cm³/mol. The Labute approximate surface area is 153 Å². The van der Waals surface area contributed by atoms with Crippen molar-refractivity contribution >= 4 is 11.9 Å². The van der Waals surface area contributed by atoms with Gasteiger partial charge in [-0.25, -0.2) is 0 Å². The molecule has 0 aliphatic carbocycles. The number of rotatable bonds is 16. The second-order valence-corrected chi connectivity index (χ2v) is 6.36. The fourth-order valence-corrected chi connectivity index (χ4v) is 2.46. The van der Waals surface area contributed by atoms with Crippen LogP contribution in [0.2, 0.25) is 0 Å². The molecule has 4 nitrogen and oxygen atoms in total. The first-order valence-electron chi connectivity index (χ1n) is 9.83. The minimum Gasteiger partial charge on any atom is -0.481 e. The highest BCUT2D eigenvalue weighted by Crippen LogP contribution is 2.12. The molecule has 0 aromatic rings. The summed E-state index contributed by atoms with van der Waals surface area (Å²) in [4.78, 5) is 22.0. The highest BCUT2D eigenvalue weighted by atomic mass is 16.5. The molecule has 0 amide bonds. The Morgan fingerprint density at radius 2 is 1.72 bits per heavy atom. The minimum absolute atomic E-state index is 0.166. The van der Waals surface area contributed by atoms with Gasteiger partial charge in [0, 0.05) is 12.8 Å². The summed E-state index contributed by atoms with van der Waals surface area (Å²) in [5, 5.41) is 8.61. The Bertz CT molecular complexity index is 399. The Morgan fingerprint density at radius 1 is 0.960 bits per heavy atom. The molecular weight excluding hydrogens is 316 g/mol. The predicted octanol–water partition coefficient (Wildman–Crippen LogP) is 5.82. The molecule has 0 rings (SSSR count). The largest absolute Gasteiger partial charge is 0.481 e. The number of unbranched alkanes of at least 4 members (excludes halogenated alkanes) is 6. The Balaban J connectivity index is 4.05. The van der Waals surface area contributed by atoms with Crippen LogP contribution in [-0.2, 0) is 14.3 Å². The van der Waals surface area contributed by atoms with Crippen molar-refractivity contribution in [3.63, 3.8) is 0 Å². The number of aliphatic carboxylic acids is 1. The minimum atomic E-state index is -0.736. The van der Waals surface area contributed by atoms with E-state index in [9.17, 15) is 9.59 Å². The Hall–Kier alpha value is -1.58. The van der Waals surface area contributed by atoms with Crippen LogP contribution in [-0.4, -0.2) is 23.1 Å². The fraction of sp³-hybridized carbons (Fsp3) is 0.714. The smallest absolute Gasteiger partial charge is 0.306 e. The van der Waals surface area contributed by atoms with Crippen molar-refractivity contribution in [3.05, 3.63) is 24.3 Å². The summed E-state index contributed by atoms with van der Waals surface area (Å²) in [5.74, 6) is -0.906. The number of ether oxygens (including phenoxy) is 1. The van der Waals surface area contributed by atoms with E-state index in [1.807, 2.05) is 6.08 Å². The SMILES string of the molecule is CCCCC/C=C\C/C=C\C(CCCCCCC(=O)O)OC(=O)CC. The number of allylic oxidation sites excluding steroid dienone is 3. The normalized spacial score (nSPS) is 12.7. The molecule has 0 radical (unpaired) electrons. The zero-order valence-corrected chi connectivity index (χ0v) is 16.0. The van der Waals surface area contributed by atoms with Gasteiger partial charge in [-0.2, -0.15) is 0 Å². The van der Waals surface area contributed by atoms with Gasteiger partial charge in [-0.3, -0.25) is 9.59 Å². The van der Waals surface area contributed by atoms with Crippen molar-refractivity contribution in [1.29, 1.82) is 0 Å². The third-order valence-corrected chi connectivity index (χ3v) is 3.96. The number of hydrogen-bond donors (Lipinski definition) is 1. The topological polar surface area (TPSA) is 63.6 Å². The third kappa shape index (κ3) is 17.0. The lowest BCUT2D eigenvalue weighted by Crippen LogP contribution is -2.15. The summed E-state index contributed by atoms with van der Waals surface area (Å²) >= 11 is 0. The van der Waals surface area contributed by atoms with Crippen LogP contribution >= 0.6 is 0 Å². The summed E-state index contributed by atoms with van der Waals surface area (Å²) in [7, 11) is 0. The molecule has 0 spiro atoms. The zero-order chi connectivity index (χ0) is 18.8. The van der Waals surface area contributed by atoms with Gasteiger partial charge in [0.05, 0.1) is 0 Å². The molecule has 0 aliphatic rings. The van der Waals surface area contributed by atoms with Crippen LogP contribution in [0.3, 0.4) is 0 Å². The van der Waals surface area contributed by atoms with E-state index in [0.717, 1.165) is 38.5 Å². The van der Waals surface area contributed by atoms with Gasteiger partial charge in [0.2, 0.25) is 0 Å². The fourth-order valence-electron chi connectivity index (χ4n) is 2.46. The van der Waals surface area contributed by atoms with Gasteiger partial charge in [-0.1, -0.05) is 57.8 Å². The number of esters is 1. The summed E-state index contributed by atoms with van der Waals surface area (Å²) < 4.78 is 5.46. The van der Waals surface area contributed by atoms with E-state index in [4.69, 9.17) is 9.84 Å². The molecule has 0 saturated heterocycles. The monoisotopic (exact) mass is 352 g/mol. The van der Waals surface area contributed by atoms with Crippen LogP contribution in [0.4, 0.5) is 0 Å². The van der Waals surface area contributed by atoms with Crippen molar-refractivity contribution in [1.82, 2.24) is 0 Å². The van der Waals surface area contributed by atoms with Gasteiger partial charge in [-0.15, -0.1) is 0 Å². The quantitative estimate of drug-likeness (QED) is 0.216. The van der Waals surface area contributed by atoms with Crippen LogP contribution in [0.1, 0.15) is 90.9 Å². The van der Waals surface area contributed by atoms with Gasteiger partial charge in [0.25, 0.3) is 0 Å². The molecule has 4 heteroatoms. The van der Waals surface area contributed by atoms with E-state index in [0.29, 0.717) is 12.8 Å². The van der Waals surface area contributed by atoms with Crippen molar-refractivity contribution < 1.29 is 19.4 Å². The zero-order valence-electron chi connectivity index (χ0n) is 16.0. The second-order valence-electron chi connectivity index (χ2n) is 6.36. The molecule has 0 aliphatic heterocycles. The van der Waals surface area contributed by atoms with E-state index in [1.54, 1.807) is 6.92 Å². The maximum Gasteiger partial charge on any atom is 0.306 e. The average molecular weight is 353 g/mol. The molecule has 0 aromatic carbocycles. The lowest BCUT2D eigenvalue weighted by Gasteiger charge is -2.13. The lowest BCUT2D eigenvalue weighted by atomic mass is 10.1. The van der Waals surface area contributed by atoms with Crippen LogP contribution in [0, 0.1) is 0 Å². The molecule has 0 fully saturated rings. The van der Waals surface area contributed by atoms with E-state index in [1.165, 1.54) is 19.3 Å². The molecule has 0 heterocycles. The third-order valence-electron chi connectivity index (χ3n) is 3.96. The van der Waals surface area contributed by atoms with Crippen molar-refractivity contribution in [2.24, 2.45) is 0 Å². The lowest BCUT2D eigenvalue weighted by molar-refractivity contribution is -0.146. The van der Waals surface area contributed by atoms with E-state index >= 15 is 0 Å². The molecule has 1 atom stereocenters. The first kappa shape index (κ1) is 23.4. The Morgan fingerprint density at radius 3 is 2.40 bits per heavy atom. The van der Waals surface area contributed by atoms with Crippen molar-refractivity contribution in [2.75, 3.05) is 0 Å². The molecular formula is C21H36O4. The molecule has 1 N–H and O–H groups in total. The number of carbonyl (C=O) groups excluding carboxylic acids is 1. The van der Waals surface area contributed by atoms with Gasteiger partial charge >= 0.3 is 11.9 Å². The number of carboxylic acid groups (broad SMARTS) is 1. The van der Waals surface area contributed by atoms with Gasteiger partial charge in [-0.05, 0) is 44.6 Å². The number of hydrogen-bond acceptors (Lipinski definition) is 3. The maximum atomic E-state index is 11.5. The molecule has 0 saturated carbocycles.